The fourth-order valence-corrected chi connectivity index (χ4v) is 5.84. The third-order valence-corrected chi connectivity index (χ3v) is 7.94. The van der Waals surface area contributed by atoms with Crippen molar-refractivity contribution in [2.24, 2.45) is 0 Å². The lowest BCUT2D eigenvalue weighted by atomic mass is 10.2. The largest absolute Gasteiger partial charge is 0.495 e. The van der Waals surface area contributed by atoms with Crippen molar-refractivity contribution in [3.63, 3.8) is 0 Å². The van der Waals surface area contributed by atoms with Crippen molar-refractivity contribution in [3.05, 3.63) is 93.7 Å². The van der Waals surface area contributed by atoms with Gasteiger partial charge in [-0.25, -0.2) is 4.98 Å². The van der Waals surface area contributed by atoms with Crippen LogP contribution in [-0.2, 0) is 11.3 Å². The van der Waals surface area contributed by atoms with Gasteiger partial charge in [0.15, 0.2) is 5.16 Å². The van der Waals surface area contributed by atoms with Gasteiger partial charge >= 0.3 is 0 Å². The number of hydrogen-bond acceptors (Lipinski definition) is 6. The highest BCUT2D eigenvalue weighted by molar-refractivity contribution is 7.99. The quantitative estimate of drug-likeness (QED) is 0.208. The zero-order chi connectivity index (χ0) is 24.4. The SMILES string of the molecule is COc1ccccc1NC(=O)CSc1nc2c(sc3ccccc32)c(=O)n1Cc1ccccc1Cl. The van der Waals surface area contributed by atoms with Crippen LogP contribution in [0.5, 0.6) is 5.75 Å². The van der Waals surface area contributed by atoms with Crippen molar-refractivity contribution in [2.45, 2.75) is 11.7 Å². The zero-order valence-electron chi connectivity index (χ0n) is 18.7. The van der Waals surface area contributed by atoms with Crippen molar-refractivity contribution in [1.82, 2.24) is 9.55 Å². The number of rotatable bonds is 7. The Morgan fingerprint density at radius 1 is 1.09 bits per heavy atom. The second-order valence-electron chi connectivity index (χ2n) is 7.69. The molecule has 35 heavy (non-hydrogen) atoms. The maximum absolute atomic E-state index is 13.6. The maximum Gasteiger partial charge on any atom is 0.272 e. The predicted molar refractivity (Wildman–Crippen MR) is 144 cm³/mol. The molecule has 0 saturated carbocycles. The average molecular weight is 522 g/mol. The standard InChI is InChI=1S/C26H20ClN3O3S2/c1-33-20-12-6-5-11-19(20)28-22(31)15-34-26-29-23-17-9-3-7-13-21(17)35-24(23)25(32)30(26)14-16-8-2-4-10-18(16)27/h2-13H,14-15H2,1H3,(H,28,31). The third kappa shape index (κ3) is 4.77. The van der Waals surface area contributed by atoms with Crippen LogP contribution in [0.4, 0.5) is 5.69 Å². The number of fused-ring (bicyclic) bond motifs is 3. The van der Waals surface area contributed by atoms with Crippen LogP contribution in [0.1, 0.15) is 5.56 Å². The Kier molecular flexibility index (Phi) is 6.77. The molecule has 0 unspecified atom stereocenters. The molecule has 3 aromatic carbocycles. The summed E-state index contributed by atoms with van der Waals surface area (Å²) in [5, 5.41) is 4.82. The summed E-state index contributed by atoms with van der Waals surface area (Å²) >= 11 is 9.03. The van der Waals surface area contributed by atoms with E-state index in [4.69, 9.17) is 21.3 Å². The van der Waals surface area contributed by atoms with E-state index in [1.165, 1.54) is 23.1 Å². The van der Waals surface area contributed by atoms with Gasteiger partial charge in [0.1, 0.15) is 10.4 Å². The summed E-state index contributed by atoms with van der Waals surface area (Å²) in [4.78, 5) is 31.2. The minimum Gasteiger partial charge on any atom is -0.495 e. The zero-order valence-corrected chi connectivity index (χ0v) is 21.0. The summed E-state index contributed by atoms with van der Waals surface area (Å²) in [6.45, 7) is 0.256. The number of anilines is 1. The number of ether oxygens (including phenoxy) is 1. The van der Waals surface area contributed by atoms with Crippen LogP contribution in [0.25, 0.3) is 20.3 Å². The first-order valence-electron chi connectivity index (χ1n) is 10.8. The molecule has 176 valence electrons. The van der Waals surface area contributed by atoms with Gasteiger partial charge < -0.3 is 10.1 Å². The van der Waals surface area contributed by atoms with Crippen molar-refractivity contribution < 1.29 is 9.53 Å². The summed E-state index contributed by atoms with van der Waals surface area (Å²) in [6, 6.07) is 22.4. The molecule has 1 N–H and O–H groups in total. The van der Waals surface area contributed by atoms with Crippen molar-refractivity contribution in [3.8, 4) is 5.75 Å². The molecule has 1 amide bonds. The van der Waals surface area contributed by atoms with Crippen molar-refractivity contribution >= 4 is 66.6 Å². The van der Waals surface area contributed by atoms with Crippen LogP contribution in [0.2, 0.25) is 5.02 Å². The number of aromatic nitrogens is 2. The summed E-state index contributed by atoms with van der Waals surface area (Å²) in [7, 11) is 1.55. The van der Waals surface area contributed by atoms with E-state index in [1.807, 2.05) is 54.6 Å². The van der Waals surface area contributed by atoms with E-state index < -0.39 is 0 Å². The highest BCUT2D eigenvalue weighted by Crippen LogP contribution is 2.32. The molecule has 0 aliphatic heterocycles. The number of methoxy groups -OCH3 is 1. The minimum atomic E-state index is -0.228. The number of halogens is 1. The van der Waals surface area contributed by atoms with Crippen molar-refractivity contribution in [2.75, 3.05) is 18.2 Å². The number of nitrogens with one attached hydrogen (secondary N) is 1. The summed E-state index contributed by atoms with van der Waals surface area (Å²) in [5.41, 5.74) is 1.89. The average Bonchev–Trinajstić information content (AvgIpc) is 3.25. The number of carbonyl (C=O) groups is 1. The van der Waals surface area contributed by atoms with Gasteiger partial charge in [0.05, 0.1) is 30.6 Å². The van der Waals surface area contributed by atoms with Crippen LogP contribution in [0, 0.1) is 0 Å². The number of benzene rings is 3. The van der Waals surface area contributed by atoms with Crippen LogP contribution in [0.15, 0.2) is 82.7 Å². The Bertz CT molecular complexity index is 1610. The second kappa shape index (κ2) is 10.1. The van der Waals surface area contributed by atoms with Gasteiger partial charge in [0.2, 0.25) is 5.91 Å². The molecule has 0 aliphatic carbocycles. The minimum absolute atomic E-state index is 0.0700. The maximum atomic E-state index is 13.6. The summed E-state index contributed by atoms with van der Waals surface area (Å²) < 4.78 is 8.49. The first-order chi connectivity index (χ1) is 17.0. The molecular formula is C26H20ClN3O3S2. The lowest BCUT2D eigenvalue weighted by molar-refractivity contribution is -0.113. The molecule has 0 saturated heterocycles. The van der Waals surface area contributed by atoms with E-state index in [9.17, 15) is 9.59 Å². The molecule has 0 bridgehead atoms. The highest BCUT2D eigenvalue weighted by atomic mass is 35.5. The molecule has 9 heteroatoms. The Labute approximate surface area is 214 Å². The molecule has 5 rings (SSSR count). The number of thioether (sulfide) groups is 1. The number of para-hydroxylation sites is 2. The Balaban J connectivity index is 1.52. The first kappa shape index (κ1) is 23.4. The van der Waals surface area contributed by atoms with E-state index in [0.717, 1.165) is 15.6 Å². The topological polar surface area (TPSA) is 73.2 Å². The molecular weight excluding hydrogens is 502 g/mol. The van der Waals surface area contributed by atoms with Gasteiger partial charge in [-0.2, -0.15) is 0 Å². The van der Waals surface area contributed by atoms with E-state index in [2.05, 4.69) is 5.32 Å². The van der Waals surface area contributed by atoms with E-state index in [0.29, 0.717) is 31.8 Å². The molecule has 0 aliphatic rings. The predicted octanol–water partition coefficient (Wildman–Crippen LogP) is 6.05. The van der Waals surface area contributed by atoms with Crippen LogP contribution >= 0.6 is 34.7 Å². The van der Waals surface area contributed by atoms with Gasteiger partial charge in [-0.3, -0.25) is 14.2 Å². The lowest BCUT2D eigenvalue weighted by Crippen LogP contribution is -2.24. The number of thiophene rings is 1. The normalized spacial score (nSPS) is 11.1. The smallest absolute Gasteiger partial charge is 0.272 e. The van der Waals surface area contributed by atoms with Gasteiger partial charge in [0, 0.05) is 15.1 Å². The van der Waals surface area contributed by atoms with Crippen LogP contribution in [0.3, 0.4) is 0 Å². The number of amides is 1. The van der Waals surface area contributed by atoms with Crippen LogP contribution < -0.4 is 15.6 Å². The molecule has 6 nitrogen and oxygen atoms in total. The third-order valence-electron chi connectivity index (χ3n) is 5.45. The highest BCUT2D eigenvalue weighted by Gasteiger charge is 2.18. The molecule has 0 radical (unpaired) electrons. The van der Waals surface area contributed by atoms with Gasteiger partial charge in [0.25, 0.3) is 5.56 Å². The number of carbonyl (C=O) groups excluding carboxylic acids is 1. The van der Waals surface area contributed by atoms with E-state index in [-0.39, 0.29) is 23.8 Å². The first-order valence-corrected chi connectivity index (χ1v) is 12.9. The fourth-order valence-electron chi connectivity index (χ4n) is 3.76. The number of nitrogens with zero attached hydrogens (tertiary/aromatic N) is 2. The van der Waals surface area contributed by atoms with E-state index in [1.54, 1.807) is 29.9 Å². The summed E-state index contributed by atoms with van der Waals surface area (Å²) in [6.07, 6.45) is 0. The molecule has 2 heterocycles. The second-order valence-corrected chi connectivity index (χ2v) is 10.1. The monoisotopic (exact) mass is 521 g/mol. The Hall–Kier alpha value is -3.33. The van der Waals surface area contributed by atoms with Gasteiger partial charge in [-0.05, 0) is 29.8 Å². The lowest BCUT2D eigenvalue weighted by Gasteiger charge is -2.13. The Morgan fingerprint density at radius 3 is 2.66 bits per heavy atom. The number of hydrogen-bond donors (Lipinski definition) is 1. The molecule has 0 fully saturated rings. The van der Waals surface area contributed by atoms with E-state index >= 15 is 0 Å². The summed E-state index contributed by atoms with van der Waals surface area (Å²) in [5.74, 6) is 0.416. The molecule has 5 aromatic rings. The molecule has 0 atom stereocenters. The fraction of sp³-hybridized carbons (Fsp3) is 0.115. The van der Waals surface area contributed by atoms with Gasteiger partial charge in [-0.1, -0.05) is 71.9 Å². The van der Waals surface area contributed by atoms with Crippen molar-refractivity contribution in [1.29, 1.82) is 0 Å². The molecule has 2 aromatic heterocycles. The molecule has 0 spiro atoms. The van der Waals surface area contributed by atoms with Crippen LogP contribution in [-0.4, -0.2) is 28.3 Å². The van der Waals surface area contributed by atoms with Gasteiger partial charge in [-0.15, -0.1) is 11.3 Å². The Morgan fingerprint density at radius 2 is 1.83 bits per heavy atom.